The maximum absolute atomic E-state index is 10.6. The summed E-state index contributed by atoms with van der Waals surface area (Å²) in [5.41, 5.74) is 1.16. The third-order valence-electron chi connectivity index (χ3n) is 4.28. The number of aliphatic carboxylic acids is 1. The van der Waals surface area contributed by atoms with Gasteiger partial charge in [-0.3, -0.25) is 4.79 Å². The summed E-state index contributed by atoms with van der Waals surface area (Å²) in [4.78, 5) is 10.6. The molecular formula is C22H29NO4. The molecule has 0 radical (unpaired) electrons. The number of nitrogens with one attached hydrogen (secondary N) is 1. The fraction of sp³-hybridized carbons (Fsp3) is 0.409. The largest absolute Gasteiger partial charge is 0.489 e. The van der Waals surface area contributed by atoms with Gasteiger partial charge in [0.25, 0.3) is 0 Å². The summed E-state index contributed by atoms with van der Waals surface area (Å²) in [5, 5.41) is 14.3. The predicted octanol–water partition coefficient (Wildman–Crippen LogP) is 4.03. The van der Waals surface area contributed by atoms with Crippen molar-refractivity contribution in [1.29, 1.82) is 0 Å². The average molecular weight is 371 g/mol. The van der Waals surface area contributed by atoms with Crippen LogP contribution in [0.4, 0.5) is 0 Å². The zero-order valence-corrected chi connectivity index (χ0v) is 15.9. The quantitative estimate of drug-likeness (QED) is 0.411. The molecule has 0 atom stereocenters. The monoisotopic (exact) mass is 371 g/mol. The van der Waals surface area contributed by atoms with Crippen LogP contribution in [0.25, 0.3) is 10.8 Å². The maximum Gasteiger partial charge on any atom is 0.303 e. The number of unbranched alkanes of at least 4 members (excludes halogenated alkanes) is 2. The standard InChI is InChI=1S/C22H29NO4/c1-26-15-14-23-16-18(8-3-2-4-13-22(24)25)17-27-21-12-7-10-19-9-5-6-11-20(19)21/h5-12,23H,2-4,13-17H2,1H3,(H,24,25)/b18-8+. The van der Waals surface area contributed by atoms with Gasteiger partial charge in [0.05, 0.1) is 6.61 Å². The molecule has 0 saturated heterocycles. The van der Waals surface area contributed by atoms with Gasteiger partial charge in [-0.25, -0.2) is 0 Å². The van der Waals surface area contributed by atoms with Crippen LogP contribution < -0.4 is 10.1 Å². The Kier molecular flexibility index (Phi) is 9.38. The zero-order chi connectivity index (χ0) is 19.3. The van der Waals surface area contributed by atoms with Crippen LogP contribution in [0.1, 0.15) is 25.7 Å². The minimum Gasteiger partial charge on any atom is -0.489 e. The first-order chi connectivity index (χ1) is 13.2. The van der Waals surface area contributed by atoms with E-state index in [0.717, 1.165) is 48.0 Å². The van der Waals surface area contributed by atoms with Gasteiger partial charge in [-0.15, -0.1) is 0 Å². The topological polar surface area (TPSA) is 67.8 Å². The molecule has 0 aromatic heterocycles. The lowest BCUT2D eigenvalue weighted by molar-refractivity contribution is -0.137. The molecule has 5 nitrogen and oxygen atoms in total. The van der Waals surface area contributed by atoms with E-state index in [1.54, 1.807) is 7.11 Å². The molecule has 27 heavy (non-hydrogen) atoms. The summed E-state index contributed by atoms with van der Waals surface area (Å²) < 4.78 is 11.2. The van der Waals surface area contributed by atoms with Crippen LogP contribution in [-0.4, -0.2) is 44.5 Å². The van der Waals surface area contributed by atoms with Crippen LogP contribution in [-0.2, 0) is 9.53 Å². The molecular weight excluding hydrogens is 342 g/mol. The number of carboxylic acid groups (broad SMARTS) is 1. The Morgan fingerprint density at radius 3 is 2.78 bits per heavy atom. The Balaban J connectivity index is 1.94. The minimum atomic E-state index is -0.736. The number of carboxylic acids is 1. The van der Waals surface area contributed by atoms with E-state index in [-0.39, 0.29) is 6.42 Å². The maximum atomic E-state index is 10.6. The van der Waals surface area contributed by atoms with Crippen molar-refractivity contribution in [3.05, 3.63) is 54.1 Å². The van der Waals surface area contributed by atoms with E-state index in [1.807, 2.05) is 24.3 Å². The van der Waals surface area contributed by atoms with Gasteiger partial charge in [0, 0.05) is 32.0 Å². The molecule has 0 bridgehead atoms. The lowest BCUT2D eigenvalue weighted by atomic mass is 10.1. The zero-order valence-electron chi connectivity index (χ0n) is 15.9. The molecule has 0 aliphatic carbocycles. The molecule has 2 rings (SSSR count). The summed E-state index contributed by atoms with van der Waals surface area (Å²) in [5.74, 6) is 0.140. The van der Waals surface area contributed by atoms with Crippen molar-refractivity contribution in [3.63, 3.8) is 0 Å². The number of ether oxygens (including phenoxy) is 2. The molecule has 0 aliphatic rings. The molecule has 0 fully saturated rings. The van der Waals surface area contributed by atoms with Crippen molar-refractivity contribution in [1.82, 2.24) is 5.32 Å². The van der Waals surface area contributed by atoms with E-state index in [0.29, 0.717) is 19.6 Å². The SMILES string of the molecule is COCCNC/C(=C\CCCCC(=O)O)COc1cccc2ccccc12. The number of rotatable bonds is 13. The third kappa shape index (κ3) is 7.81. The molecule has 146 valence electrons. The van der Waals surface area contributed by atoms with Gasteiger partial charge >= 0.3 is 5.97 Å². The number of carbonyl (C=O) groups is 1. The second kappa shape index (κ2) is 12.1. The van der Waals surface area contributed by atoms with Crippen molar-refractivity contribution in [3.8, 4) is 5.75 Å². The molecule has 2 aromatic rings. The third-order valence-corrected chi connectivity index (χ3v) is 4.28. The number of hydrogen-bond acceptors (Lipinski definition) is 4. The van der Waals surface area contributed by atoms with Crippen LogP contribution >= 0.6 is 0 Å². The molecule has 0 amide bonds. The predicted molar refractivity (Wildman–Crippen MR) is 108 cm³/mol. The van der Waals surface area contributed by atoms with Gasteiger partial charge in [0.2, 0.25) is 0 Å². The number of methoxy groups -OCH3 is 1. The van der Waals surface area contributed by atoms with Crippen molar-refractivity contribution >= 4 is 16.7 Å². The van der Waals surface area contributed by atoms with E-state index in [2.05, 4.69) is 29.6 Å². The van der Waals surface area contributed by atoms with Crippen molar-refractivity contribution in [2.75, 3.05) is 33.4 Å². The molecule has 0 heterocycles. The van der Waals surface area contributed by atoms with E-state index >= 15 is 0 Å². The molecule has 2 aromatic carbocycles. The highest BCUT2D eigenvalue weighted by Gasteiger charge is 2.04. The van der Waals surface area contributed by atoms with Crippen molar-refractivity contribution in [2.24, 2.45) is 0 Å². The van der Waals surface area contributed by atoms with E-state index in [1.165, 1.54) is 0 Å². The molecule has 0 aliphatic heterocycles. The Hall–Kier alpha value is -2.37. The lowest BCUT2D eigenvalue weighted by Crippen LogP contribution is -2.23. The van der Waals surface area contributed by atoms with Gasteiger partial charge in [-0.1, -0.05) is 42.5 Å². The van der Waals surface area contributed by atoms with E-state index < -0.39 is 5.97 Å². The minimum absolute atomic E-state index is 0.224. The number of allylic oxidation sites excluding steroid dienone is 1. The van der Waals surface area contributed by atoms with Crippen LogP contribution in [0.15, 0.2) is 54.1 Å². The summed E-state index contributed by atoms with van der Waals surface area (Å²) in [6, 6.07) is 14.3. The highest BCUT2D eigenvalue weighted by Crippen LogP contribution is 2.25. The summed E-state index contributed by atoms with van der Waals surface area (Å²) in [7, 11) is 1.69. The number of fused-ring (bicyclic) bond motifs is 1. The second-order valence-electron chi connectivity index (χ2n) is 6.44. The van der Waals surface area contributed by atoms with Crippen LogP contribution in [0, 0.1) is 0 Å². The highest BCUT2D eigenvalue weighted by molar-refractivity contribution is 5.88. The second-order valence-corrected chi connectivity index (χ2v) is 6.44. The Morgan fingerprint density at radius 1 is 1.15 bits per heavy atom. The average Bonchev–Trinajstić information content (AvgIpc) is 2.68. The fourth-order valence-corrected chi connectivity index (χ4v) is 2.82. The van der Waals surface area contributed by atoms with Crippen molar-refractivity contribution < 1.29 is 19.4 Å². The Morgan fingerprint density at radius 2 is 1.96 bits per heavy atom. The normalized spacial score (nSPS) is 11.7. The van der Waals surface area contributed by atoms with E-state index in [9.17, 15) is 4.79 Å². The first-order valence-corrected chi connectivity index (χ1v) is 9.40. The molecule has 2 N–H and O–H groups in total. The first-order valence-electron chi connectivity index (χ1n) is 9.40. The summed E-state index contributed by atoms with van der Waals surface area (Å²) >= 11 is 0. The first kappa shape index (κ1) is 20.9. The lowest BCUT2D eigenvalue weighted by Gasteiger charge is -2.13. The van der Waals surface area contributed by atoms with Gasteiger partial charge in [-0.05, 0) is 36.3 Å². The molecule has 0 saturated carbocycles. The Bertz CT molecular complexity index is 737. The van der Waals surface area contributed by atoms with Crippen molar-refractivity contribution in [2.45, 2.75) is 25.7 Å². The summed E-state index contributed by atoms with van der Waals surface area (Å²) in [6.07, 6.45) is 4.80. The number of benzene rings is 2. The Labute approximate surface area is 161 Å². The molecule has 0 spiro atoms. The van der Waals surface area contributed by atoms with Crippen LogP contribution in [0.3, 0.4) is 0 Å². The van der Waals surface area contributed by atoms with Gasteiger partial charge in [0.15, 0.2) is 0 Å². The summed E-state index contributed by atoms with van der Waals surface area (Å²) in [6.45, 7) is 2.68. The smallest absolute Gasteiger partial charge is 0.303 e. The van der Waals surface area contributed by atoms with Gasteiger partial charge in [-0.2, -0.15) is 0 Å². The fourth-order valence-electron chi connectivity index (χ4n) is 2.82. The molecule has 5 heteroatoms. The number of hydrogen-bond donors (Lipinski definition) is 2. The van der Waals surface area contributed by atoms with Gasteiger partial charge in [0.1, 0.15) is 12.4 Å². The van der Waals surface area contributed by atoms with Gasteiger partial charge < -0.3 is 19.9 Å². The molecule has 0 unspecified atom stereocenters. The highest BCUT2D eigenvalue weighted by atomic mass is 16.5. The van der Waals surface area contributed by atoms with Crippen LogP contribution in [0.2, 0.25) is 0 Å². The van der Waals surface area contributed by atoms with E-state index in [4.69, 9.17) is 14.6 Å². The van der Waals surface area contributed by atoms with Crippen LogP contribution in [0.5, 0.6) is 5.75 Å².